The second-order valence-corrected chi connectivity index (χ2v) is 10.4. The van der Waals surface area contributed by atoms with Crippen molar-refractivity contribution in [1.82, 2.24) is 15.3 Å². The minimum atomic E-state index is -0.157. The molecule has 1 unspecified atom stereocenters. The molecule has 27 heavy (non-hydrogen) atoms. The maximum absolute atomic E-state index is 13.1. The topological polar surface area (TPSA) is 54.9 Å². The number of para-hydroxylation sites is 1. The summed E-state index contributed by atoms with van der Waals surface area (Å²) in [6.07, 6.45) is 7.76. The van der Waals surface area contributed by atoms with E-state index in [-0.39, 0.29) is 16.7 Å². The second-order valence-electron chi connectivity index (χ2n) is 9.04. The first kappa shape index (κ1) is 17.5. The molecule has 6 rings (SSSR count). The highest BCUT2D eigenvalue weighted by molar-refractivity contribution is 8.00. The molecule has 1 aromatic carbocycles. The molecule has 0 spiro atoms. The van der Waals surface area contributed by atoms with Crippen LogP contribution in [0.3, 0.4) is 0 Å². The van der Waals surface area contributed by atoms with Gasteiger partial charge in [0.2, 0.25) is 5.91 Å². The predicted octanol–water partition coefficient (Wildman–Crippen LogP) is 4.50. The zero-order chi connectivity index (χ0) is 18.6. The lowest BCUT2D eigenvalue weighted by molar-refractivity contribution is -0.126. The molecular weight excluding hydrogens is 354 g/mol. The number of hydrogen-bond donors (Lipinski definition) is 1. The molecular formula is C22H27N3OS. The van der Waals surface area contributed by atoms with E-state index in [9.17, 15) is 4.79 Å². The molecule has 1 N–H and O–H groups in total. The molecule has 0 aliphatic heterocycles. The molecule has 1 heterocycles. The Labute approximate surface area is 164 Å². The third-order valence-electron chi connectivity index (χ3n) is 6.76. The third kappa shape index (κ3) is 3.24. The molecule has 4 aliphatic rings. The van der Waals surface area contributed by atoms with Gasteiger partial charge in [0.15, 0.2) is 0 Å². The largest absolute Gasteiger partial charge is 0.350 e. The molecule has 2 aromatic rings. The quantitative estimate of drug-likeness (QED) is 0.626. The Hall–Kier alpha value is -1.62. The number of fused-ring (bicyclic) bond motifs is 1. The summed E-state index contributed by atoms with van der Waals surface area (Å²) in [5, 5.41) is 5.29. The van der Waals surface area contributed by atoms with Gasteiger partial charge in [-0.1, -0.05) is 30.0 Å². The number of nitrogens with zero attached hydrogens (tertiary/aromatic N) is 2. The van der Waals surface area contributed by atoms with Crippen LogP contribution in [0.1, 0.15) is 51.3 Å². The number of amides is 1. The van der Waals surface area contributed by atoms with Crippen molar-refractivity contribution in [3.05, 3.63) is 30.1 Å². The average Bonchev–Trinajstić information content (AvgIpc) is 2.60. The van der Waals surface area contributed by atoms with Crippen molar-refractivity contribution in [3.63, 3.8) is 0 Å². The van der Waals surface area contributed by atoms with E-state index < -0.39 is 0 Å². The number of thioether (sulfide) groups is 1. The summed E-state index contributed by atoms with van der Waals surface area (Å²) >= 11 is 1.56. The van der Waals surface area contributed by atoms with E-state index in [0.29, 0.717) is 0 Å². The zero-order valence-electron chi connectivity index (χ0n) is 16.1. The highest BCUT2D eigenvalue weighted by atomic mass is 32.2. The van der Waals surface area contributed by atoms with Gasteiger partial charge in [0.25, 0.3) is 0 Å². The lowest BCUT2D eigenvalue weighted by Crippen LogP contribution is -2.60. The van der Waals surface area contributed by atoms with Gasteiger partial charge in [-0.3, -0.25) is 4.79 Å². The van der Waals surface area contributed by atoms with Gasteiger partial charge in [0.1, 0.15) is 10.9 Å². The van der Waals surface area contributed by atoms with Gasteiger partial charge >= 0.3 is 0 Å². The number of carbonyl (C=O) groups excluding carboxylic acids is 1. The molecule has 0 saturated heterocycles. The SMILES string of the molecule is Cc1nc(SC(C)C(=O)NC23CC4CC(CC(C4)C2)C3)c2ccccc2n1. The van der Waals surface area contributed by atoms with Crippen molar-refractivity contribution in [1.29, 1.82) is 0 Å². The number of aryl methyl sites for hydroxylation is 1. The van der Waals surface area contributed by atoms with Gasteiger partial charge in [-0.2, -0.15) is 0 Å². The molecule has 1 amide bonds. The summed E-state index contributed by atoms with van der Waals surface area (Å²) in [5.74, 6) is 3.45. The van der Waals surface area contributed by atoms with Crippen LogP contribution in [-0.2, 0) is 4.79 Å². The van der Waals surface area contributed by atoms with Crippen molar-refractivity contribution < 1.29 is 4.79 Å². The van der Waals surface area contributed by atoms with Crippen LogP contribution >= 0.6 is 11.8 Å². The Bertz CT molecular complexity index is 861. The fourth-order valence-corrected chi connectivity index (χ4v) is 7.08. The van der Waals surface area contributed by atoms with E-state index in [4.69, 9.17) is 0 Å². The van der Waals surface area contributed by atoms with Crippen molar-refractivity contribution in [3.8, 4) is 0 Å². The lowest BCUT2D eigenvalue weighted by Gasteiger charge is -2.57. The van der Waals surface area contributed by atoms with E-state index in [2.05, 4.69) is 15.3 Å². The number of carbonyl (C=O) groups is 1. The predicted molar refractivity (Wildman–Crippen MR) is 109 cm³/mol. The lowest BCUT2D eigenvalue weighted by atomic mass is 9.53. The summed E-state index contributed by atoms with van der Waals surface area (Å²) in [7, 11) is 0. The Morgan fingerprint density at radius 2 is 1.74 bits per heavy atom. The molecule has 5 heteroatoms. The van der Waals surface area contributed by atoms with Crippen LogP contribution in [0.5, 0.6) is 0 Å². The normalized spacial score (nSPS) is 32.6. The van der Waals surface area contributed by atoms with E-state index in [1.54, 1.807) is 11.8 Å². The van der Waals surface area contributed by atoms with Gasteiger partial charge in [-0.15, -0.1) is 0 Å². The van der Waals surface area contributed by atoms with Crippen LogP contribution in [-0.4, -0.2) is 26.7 Å². The van der Waals surface area contributed by atoms with E-state index in [0.717, 1.165) is 39.5 Å². The van der Waals surface area contributed by atoms with E-state index in [1.807, 2.05) is 38.1 Å². The van der Waals surface area contributed by atoms with Gasteiger partial charge in [0.05, 0.1) is 10.8 Å². The molecule has 4 saturated carbocycles. The smallest absolute Gasteiger partial charge is 0.233 e. The first-order chi connectivity index (χ1) is 13.0. The number of hydrogen-bond acceptors (Lipinski definition) is 4. The van der Waals surface area contributed by atoms with E-state index in [1.165, 1.54) is 38.5 Å². The molecule has 1 aromatic heterocycles. The minimum Gasteiger partial charge on any atom is -0.350 e. The summed E-state index contributed by atoms with van der Waals surface area (Å²) in [6.45, 7) is 3.92. The highest BCUT2D eigenvalue weighted by Crippen LogP contribution is 2.55. The zero-order valence-corrected chi connectivity index (χ0v) is 16.9. The highest BCUT2D eigenvalue weighted by Gasteiger charge is 2.51. The summed E-state index contributed by atoms with van der Waals surface area (Å²) in [4.78, 5) is 22.2. The molecule has 4 nitrogen and oxygen atoms in total. The van der Waals surface area contributed by atoms with Crippen molar-refractivity contribution in [2.45, 2.75) is 68.2 Å². The average molecular weight is 382 g/mol. The van der Waals surface area contributed by atoms with E-state index >= 15 is 0 Å². The fourth-order valence-electron chi connectivity index (χ4n) is 6.10. The van der Waals surface area contributed by atoms with Gasteiger partial charge in [-0.05, 0) is 76.2 Å². The monoisotopic (exact) mass is 381 g/mol. The third-order valence-corrected chi connectivity index (χ3v) is 7.87. The van der Waals surface area contributed by atoms with Crippen LogP contribution in [0.2, 0.25) is 0 Å². The van der Waals surface area contributed by atoms with Crippen LogP contribution in [0.15, 0.2) is 29.3 Å². The molecule has 1 atom stereocenters. The van der Waals surface area contributed by atoms with Crippen molar-refractivity contribution in [2.24, 2.45) is 17.8 Å². The Balaban J connectivity index is 1.33. The van der Waals surface area contributed by atoms with Gasteiger partial charge in [-0.25, -0.2) is 9.97 Å². The van der Waals surface area contributed by atoms with Crippen molar-refractivity contribution in [2.75, 3.05) is 0 Å². The maximum Gasteiger partial charge on any atom is 0.233 e. The summed E-state index contributed by atoms with van der Waals surface area (Å²) in [5.41, 5.74) is 1.02. The molecule has 4 fully saturated rings. The molecule has 4 aliphatic carbocycles. The maximum atomic E-state index is 13.1. The first-order valence-electron chi connectivity index (χ1n) is 10.2. The Morgan fingerprint density at radius 3 is 2.41 bits per heavy atom. The standard InChI is InChI=1S/C22H27N3OS/c1-13(27-21-18-5-3-4-6-19(18)23-14(2)24-21)20(26)25-22-10-15-7-16(11-22)9-17(8-15)12-22/h3-6,13,15-17H,7-12H2,1-2H3,(H,25,26). The summed E-state index contributed by atoms with van der Waals surface area (Å²) < 4.78 is 0. The molecule has 4 bridgehead atoms. The number of benzene rings is 1. The van der Waals surface area contributed by atoms with Gasteiger partial charge in [0, 0.05) is 10.9 Å². The van der Waals surface area contributed by atoms with Crippen LogP contribution in [0.4, 0.5) is 0 Å². The number of rotatable bonds is 4. The van der Waals surface area contributed by atoms with Crippen LogP contribution in [0, 0.1) is 24.7 Å². The van der Waals surface area contributed by atoms with Crippen LogP contribution < -0.4 is 5.32 Å². The fraction of sp³-hybridized carbons (Fsp3) is 0.591. The first-order valence-corrected chi connectivity index (χ1v) is 11.1. The van der Waals surface area contributed by atoms with Crippen molar-refractivity contribution >= 4 is 28.6 Å². The number of aromatic nitrogens is 2. The molecule has 142 valence electrons. The van der Waals surface area contributed by atoms with Crippen LogP contribution in [0.25, 0.3) is 10.9 Å². The Morgan fingerprint density at radius 1 is 1.11 bits per heavy atom. The van der Waals surface area contributed by atoms with Gasteiger partial charge < -0.3 is 5.32 Å². The number of nitrogens with one attached hydrogen (secondary N) is 1. The molecule has 0 radical (unpaired) electrons. The second kappa shape index (κ2) is 6.47. The summed E-state index contributed by atoms with van der Waals surface area (Å²) in [6, 6.07) is 8.05. The Kier molecular flexibility index (Phi) is 4.19. The minimum absolute atomic E-state index is 0.0737.